The zero-order valence-electron chi connectivity index (χ0n) is 10.4. The number of primary amides is 1. The molecule has 1 amide bonds. The molecule has 2 aromatic carbocycles. The Bertz CT molecular complexity index is 583. The van der Waals surface area contributed by atoms with Crippen LogP contribution >= 0.6 is 0 Å². The summed E-state index contributed by atoms with van der Waals surface area (Å²) in [5.74, 6) is -0.455. The number of carbonyl (C=O) groups is 1. The fourth-order valence-electron chi connectivity index (χ4n) is 1.77. The van der Waals surface area contributed by atoms with Gasteiger partial charge >= 0.3 is 0 Å². The van der Waals surface area contributed by atoms with Crippen LogP contribution in [0, 0.1) is 0 Å². The lowest BCUT2D eigenvalue weighted by atomic mass is 10.0. The summed E-state index contributed by atoms with van der Waals surface area (Å²) < 4.78 is 0. The van der Waals surface area contributed by atoms with Crippen LogP contribution < -0.4 is 5.73 Å². The van der Waals surface area contributed by atoms with E-state index in [1.807, 2.05) is 48.5 Å². The maximum absolute atomic E-state index is 10.6. The van der Waals surface area contributed by atoms with Crippen molar-refractivity contribution in [1.82, 2.24) is 0 Å². The van der Waals surface area contributed by atoms with E-state index in [-0.39, 0.29) is 6.61 Å². The van der Waals surface area contributed by atoms with Crippen LogP contribution in [0.3, 0.4) is 0 Å². The molecule has 0 heterocycles. The number of carbonyl (C=O) groups excluding carboxylic acids is 1. The predicted molar refractivity (Wildman–Crippen MR) is 76.0 cm³/mol. The first-order chi connectivity index (χ1) is 9.19. The zero-order chi connectivity index (χ0) is 13.7. The monoisotopic (exact) mass is 253 g/mol. The summed E-state index contributed by atoms with van der Waals surface area (Å²) in [6.45, 7) is 0.0527. The number of amides is 1. The molecule has 96 valence electrons. The molecule has 0 aliphatic heterocycles. The number of benzene rings is 2. The molecule has 0 fully saturated rings. The van der Waals surface area contributed by atoms with Crippen LogP contribution in [-0.2, 0) is 11.4 Å². The molecule has 0 unspecified atom stereocenters. The Labute approximate surface area is 112 Å². The van der Waals surface area contributed by atoms with Gasteiger partial charge in [0, 0.05) is 6.08 Å². The molecule has 0 radical (unpaired) electrons. The molecular weight excluding hydrogens is 238 g/mol. The maximum atomic E-state index is 10.6. The quantitative estimate of drug-likeness (QED) is 0.821. The lowest BCUT2D eigenvalue weighted by molar-refractivity contribution is -0.113. The molecule has 19 heavy (non-hydrogen) atoms. The van der Waals surface area contributed by atoms with E-state index in [0.29, 0.717) is 0 Å². The first-order valence-electron chi connectivity index (χ1n) is 5.97. The molecule has 3 nitrogen and oxygen atoms in total. The minimum Gasteiger partial charge on any atom is -0.392 e. The van der Waals surface area contributed by atoms with Crippen LogP contribution in [0.1, 0.15) is 11.1 Å². The van der Waals surface area contributed by atoms with Crippen molar-refractivity contribution in [2.24, 2.45) is 5.73 Å². The average molecular weight is 253 g/mol. The highest BCUT2D eigenvalue weighted by atomic mass is 16.3. The Kier molecular flexibility index (Phi) is 4.11. The number of aliphatic hydroxyl groups is 1. The second kappa shape index (κ2) is 5.98. The van der Waals surface area contributed by atoms with E-state index in [1.54, 1.807) is 6.08 Å². The molecule has 0 aliphatic carbocycles. The first-order valence-corrected chi connectivity index (χ1v) is 5.97. The molecule has 0 saturated carbocycles. The third-order valence-electron chi connectivity index (χ3n) is 2.82. The van der Waals surface area contributed by atoms with Gasteiger partial charge in [0.25, 0.3) is 0 Å². The van der Waals surface area contributed by atoms with Crippen molar-refractivity contribution in [1.29, 1.82) is 0 Å². The van der Waals surface area contributed by atoms with Gasteiger partial charge in [0.05, 0.1) is 6.61 Å². The summed E-state index contributed by atoms with van der Waals surface area (Å²) in [4.78, 5) is 10.6. The second-order valence-electron chi connectivity index (χ2n) is 4.21. The van der Waals surface area contributed by atoms with Crippen molar-refractivity contribution < 1.29 is 9.90 Å². The van der Waals surface area contributed by atoms with Gasteiger partial charge in [-0.2, -0.15) is 0 Å². The number of hydrogen-bond donors (Lipinski definition) is 2. The highest BCUT2D eigenvalue weighted by Gasteiger charge is 1.98. The van der Waals surface area contributed by atoms with Gasteiger partial charge in [0.15, 0.2) is 0 Å². The number of hydrogen-bond acceptors (Lipinski definition) is 2. The van der Waals surface area contributed by atoms with Gasteiger partial charge in [0.2, 0.25) is 5.91 Å². The fourth-order valence-corrected chi connectivity index (χ4v) is 1.77. The van der Waals surface area contributed by atoms with E-state index in [1.165, 1.54) is 6.08 Å². The Morgan fingerprint density at radius 3 is 2.00 bits per heavy atom. The largest absolute Gasteiger partial charge is 0.392 e. The van der Waals surface area contributed by atoms with E-state index in [0.717, 1.165) is 22.3 Å². The summed E-state index contributed by atoms with van der Waals surface area (Å²) >= 11 is 0. The standard InChI is InChI=1S/C16H15NO2/c17-16(19)10-5-12-1-6-14(7-2-12)15-8-3-13(11-18)4-9-15/h1-10,18H,11H2,(H2,17,19)/b10-5+. The molecule has 3 N–H and O–H groups in total. The predicted octanol–water partition coefficient (Wildman–Crippen LogP) is 2.34. The topological polar surface area (TPSA) is 63.3 Å². The summed E-state index contributed by atoms with van der Waals surface area (Å²) in [5, 5.41) is 8.99. The van der Waals surface area contributed by atoms with E-state index in [4.69, 9.17) is 10.8 Å². The number of nitrogens with two attached hydrogens (primary N) is 1. The molecule has 0 aliphatic rings. The lowest BCUT2D eigenvalue weighted by Crippen LogP contribution is -2.04. The highest BCUT2D eigenvalue weighted by Crippen LogP contribution is 2.20. The summed E-state index contributed by atoms with van der Waals surface area (Å²) in [5.41, 5.74) is 9.03. The van der Waals surface area contributed by atoms with Crippen LogP contribution in [-0.4, -0.2) is 11.0 Å². The van der Waals surface area contributed by atoms with E-state index < -0.39 is 5.91 Å². The Morgan fingerprint density at radius 2 is 1.53 bits per heavy atom. The fraction of sp³-hybridized carbons (Fsp3) is 0.0625. The van der Waals surface area contributed by atoms with E-state index in [2.05, 4.69) is 0 Å². The molecule has 0 aromatic heterocycles. The smallest absolute Gasteiger partial charge is 0.241 e. The van der Waals surface area contributed by atoms with Crippen molar-refractivity contribution in [3.05, 3.63) is 65.7 Å². The van der Waals surface area contributed by atoms with Crippen LogP contribution in [0.4, 0.5) is 0 Å². The minimum absolute atomic E-state index is 0.0527. The SMILES string of the molecule is NC(=O)/C=C/c1ccc(-c2ccc(CO)cc2)cc1. The average Bonchev–Trinajstić information content (AvgIpc) is 2.46. The van der Waals surface area contributed by atoms with Crippen molar-refractivity contribution in [3.8, 4) is 11.1 Å². The molecule has 0 bridgehead atoms. The van der Waals surface area contributed by atoms with Crippen LogP contribution in [0.5, 0.6) is 0 Å². The lowest BCUT2D eigenvalue weighted by Gasteiger charge is -2.03. The Hall–Kier alpha value is -2.39. The molecule has 3 heteroatoms. The molecule has 2 aromatic rings. The van der Waals surface area contributed by atoms with Gasteiger partial charge < -0.3 is 10.8 Å². The normalized spacial score (nSPS) is 10.8. The van der Waals surface area contributed by atoms with E-state index >= 15 is 0 Å². The molecule has 0 atom stereocenters. The van der Waals surface area contributed by atoms with Crippen LogP contribution in [0.25, 0.3) is 17.2 Å². The third-order valence-corrected chi connectivity index (χ3v) is 2.82. The van der Waals surface area contributed by atoms with Crippen LogP contribution in [0.15, 0.2) is 54.6 Å². The summed E-state index contributed by atoms with van der Waals surface area (Å²) in [6.07, 6.45) is 3.02. The molecule has 0 spiro atoms. The van der Waals surface area contributed by atoms with Crippen molar-refractivity contribution in [3.63, 3.8) is 0 Å². The van der Waals surface area contributed by atoms with Crippen molar-refractivity contribution >= 4 is 12.0 Å². The van der Waals surface area contributed by atoms with Crippen molar-refractivity contribution in [2.75, 3.05) is 0 Å². The first kappa shape index (κ1) is 13.1. The third kappa shape index (κ3) is 3.53. The Balaban J connectivity index is 2.19. The van der Waals surface area contributed by atoms with Gasteiger partial charge in [0.1, 0.15) is 0 Å². The van der Waals surface area contributed by atoms with Crippen LogP contribution in [0.2, 0.25) is 0 Å². The van der Waals surface area contributed by atoms with Gasteiger partial charge in [-0.15, -0.1) is 0 Å². The molecule has 2 rings (SSSR count). The molecule has 0 saturated heterocycles. The number of aliphatic hydroxyl groups excluding tert-OH is 1. The minimum atomic E-state index is -0.455. The molecular formula is C16H15NO2. The van der Waals surface area contributed by atoms with E-state index in [9.17, 15) is 4.79 Å². The van der Waals surface area contributed by atoms with Gasteiger partial charge in [-0.3, -0.25) is 4.79 Å². The zero-order valence-corrected chi connectivity index (χ0v) is 10.4. The Morgan fingerprint density at radius 1 is 1.00 bits per heavy atom. The summed E-state index contributed by atoms with van der Waals surface area (Å²) in [6, 6.07) is 15.6. The van der Waals surface area contributed by atoms with Crippen molar-refractivity contribution in [2.45, 2.75) is 6.61 Å². The van der Waals surface area contributed by atoms with Gasteiger partial charge in [-0.05, 0) is 28.3 Å². The van der Waals surface area contributed by atoms with Gasteiger partial charge in [-0.1, -0.05) is 48.5 Å². The number of rotatable bonds is 4. The second-order valence-corrected chi connectivity index (χ2v) is 4.21. The highest BCUT2D eigenvalue weighted by molar-refractivity contribution is 5.90. The summed E-state index contributed by atoms with van der Waals surface area (Å²) in [7, 11) is 0. The maximum Gasteiger partial charge on any atom is 0.241 e. The van der Waals surface area contributed by atoms with Gasteiger partial charge in [-0.25, -0.2) is 0 Å².